The van der Waals surface area contributed by atoms with Crippen LogP contribution in [0.15, 0.2) is 6.20 Å². The minimum atomic E-state index is -0.566. The van der Waals surface area contributed by atoms with Crippen molar-refractivity contribution in [3.63, 3.8) is 0 Å². The molecule has 106 valence electrons. The maximum atomic E-state index is 9.34. The highest BCUT2D eigenvalue weighted by Crippen LogP contribution is 1.94. The van der Waals surface area contributed by atoms with Gasteiger partial charge >= 0.3 is 0 Å². The molecule has 0 spiro atoms. The van der Waals surface area contributed by atoms with E-state index in [9.17, 15) is 5.11 Å². The van der Waals surface area contributed by atoms with Crippen molar-refractivity contribution >= 4 is 0 Å². The summed E-state index contributed by atoms with van der Waals surface area (Å²) in [5.41, 5.74) is 0.924. The minimum Gasteiger partial charge on any atom is -0.381 e. The van der Waals surface area contributed by atoms with Crippen LogP contribution < -0.4 is 5.32 Å². The van der Waals surface area contributed by atoms with Gasteiger partial charge in [-0.1, -0.05) is 5.92 Å². The molecule has 1 rings (SSSR count). The average Bonchev–Trinajstić information content (AvgIpc) is 2.90. The second-order valence-corrected chi connectivity index (χ2v) is 4.15. The van der Waals surface area contributed by atoms with Crippen LogP contribution in [0.25, 0.3) is 0 Å². The predicted octanol–water partition coefficient (Wildman–Crippen LogP) is 0.118. The number of hydrogen-bond donors (Lipinski definition) is 3. The molecule has 3 N–H and O–H groups in total. The van der Waals surface area contributed by atoms with E-state index in [2.05, 4.69) is 32.6 Å². The van der Waals surface area contributed by atoms with Crippen LogP contribution in [0.1, 0.15) is 25.5 Å². The fraction of sp³-hybridized carbons (Fsp3) is 0.692. The van der Waals surface area contributed by atoms with Crippen LogP contribution in [0, 0.1) is 11.8 Å². The summed E-state index contributed by atoms with van der Waals surface area (Å²) in [4.78, 5) is 0. The highest BCUT2D eigenvalue weighted by molar-refractivity contribution is 5.02. The van der Waals surface area contributed by atoms with E-state index < -0.39 is 6.10 Å². The third-order valence-electron chi connectivity index (χ3n) is 2.51. The van der Waals surface area contributed by atoms with Gasteiger partial charge < -0.3 is 15.2 Å². The summed E-state index contributed by atoms with van der Waals surface area (Å²) in [6.07, 6.45) is 3.95. The normalized spacial score (nSPS) is 11.9. The molecule has 1 heterocycles. The molecule has 1 aromatic heterocycles. The topological polar surface area (TPSA) is 83.1 Å². The van der Waals surface area contributed by atoms with Gasteiger partial charge in [0.2, 0.25) is 0 Å². The van der Waals surface area contributed by atoms with Crippen molar-refractivity contribution < 1.29 is 9.84 Å². The summed E-state index contributed by atoms with van der Waals surface area (Å²) in [6.45, 7) is 4.53. The highest BCUT2D eigenvalue weighted by Gasteiger charge is 1.98. The molecule has 0 amide bonds. The molecular weight excluding hydrogens is 244 g/mol. The summed E-state index contributed by atoms with van der Waals surface area (Å²) < 4.78 is 5.49. The van der Waals surface area contributed by atoms with E-state index in [0.717, 1.165) is 38.1 Å². The van der Waals surface area contributed by atoms with E-state index in [0.29, 0.717) is 13.2 Å². The van der Waals surface area contributed by atoms with Gasteiger partial charge in [0.25, 0.3) is 0 Å². The highest BCUT2D eigenvalue weighted by atomic mass is 16.5. The van der Waals surface area contributed by atoms with Crippen molar-refractivity contribution in [1.29, 1.82) is 0 Å². The molecule has 0 aromatic carbocycles. The molecule has 1 unspecified atom stereocenters. The van der Waals surface area contributed by atoms with Crippen LogP contribution in [0.2, 0.25) is 0 Å². The Bertz CT molecular complexity index is 370. The van der Waals surface area contributed by atoms with E-state index in [1.165, 1.54) is 0 Å². The number of rotatable bonds is 10. The number of unbranched alkanes of at least 4 members (excludes halogenated alkanes) is 1. The Balaban J connectivity index is 1.82. The Morgan fingerprint density at radius 1 is 1.47 bits per heavy atom. The summed E-state index contributed by atoms with van der Waals surface area (Å²) in [5.74, 6) is 5.36. The van der Waals surface area contributed by atoms with Gasteiger partial charge in [0.1, 0.15) is 6.10 Å². The summed E-state index contributed by atoms with van der Waals surface area (Å²) in [5, 5.41) is 22.7. The van der Waals surface area contributed by atoms with Crippen LogP contribution in [-0.4, -0.2) is 52.9 Å². The summed E-state index contributed by atoms with van der Waals surface area (Å²) >= 11 is 0. The molecule has 0 aliphatic heterocycles. The Morgan fingerprint density at radius 3 is 3.11 bits per heavy atom. The third-order valence-corrected chi connectivity index (χ3v) is 2.51. The van der Waals surface area contributed by atoms with Crippen LogP contribution >= 0.6 is 0 Å². The van der Waals surface area contributed by atoms with E-state index in [4.69, 9.17) is 4.74 Å². The Hall–Kier alpha value is -1.42. The molecule has 0 bridgehead atoms. The zero-order chi connectivity index (χ0) is 13.8. The predicted molar refractivity (Wildman–Crippen MR) is 72.5 cm³/mol. The second kappa shape index (κ2) is 10.5. The Morgan fingerprint density at radius 2 is 2.37 bits per heavy atom. The van der Waals surface area contributed by atoms with Crippen molar-refractivity contribution in [2.24, 2.45) is 0 Å². The van der Waals surface area contributed by atoms with Gasteiger partial charge in [-0.05, 0) is 26.3 Å². The molecule has 1 atom stereocenters. The number of aromatic amines is 1. The van der Waals surface area contributed by atoms with Crippen molar-refractivity contribution in [1.82, 2.24) is 20.7 Å². The van der Waals surface area contributed by atoms with Crippen LogP contribution in [-0.2, 0) is 11.2 Å². The largest absolute Gasteiger partial charge is 0.381 e. The first-order valence-electron chi connectivity index (χ1n) is 6.56. The molecule has 6 heteroatoms. The molecule has 0 saturated carbocycles. The van der Waals surface area contributed by atoms with Gasteiger partial charge in [-0.15, -0.1) is 5.92 Å². The minimum absolute atomic E-state index is 0.522. The number of aliphatic hydroxyl groups excluding tert-OH is 1. The van der Waals surface area contributed by atoms with Gasteiger partial charge in [-0.2, -0.15) is 15.4 Å². The van der Waals surface area contributed by atoms with Gasteiger partial charge in [0.15, 0.2) is 0 Å². The second-order valence-electron chi connectivity index (χ2n) is 4.15. The SMILES string of the molecule is CC#CC(O)CNCCCCOCCc1cn[nH]n1. The van der Waals surface area contributed by atoms with Crippen molar-refractivity contribution in [3.05, 3.63) is 11.9 Å². The lowest BCUT2D eigenvalue weighted by Crippen LogP contribution is -2.26. The van der Waals surface area contributed by atoms with Crippen LogP contribution in [0.4, 0.5) is 0 Å². The van der Waals surface area contributed by atoms with Crippen molar-refractivity contribution in [2.75, 3.05) is 26.3 Å². The number of aromatic nitrogens is 3. The zero-order valence-electron chi connectivity index (χ0n) is 11.4. The molecule has 0 aliphatic rings. The first kappa shape index (κ1) is 15.6. The van der Waals surface area contributed by atoms with Crippen molar-refractivity contribution in [2.45, 2.75) is 32.3 Å². The molecule has 0 saturated heterocycles. The molecule has 0 aliphatic carbocycles. The van der Waals surface area contributed by atoms with Gasteiger partial charge in [-0.25, -0.2) is 0 Å². The number of nitrogens with one attached hydrogen (secondary N) is 2. The lowest BCUT2D eigenvalue weighted by molar-refractivity contribution is 0.132. The molecular formula is C13H22N4O2. The smallest absolute Gasteiger partial charge is 0.127 e. The first-order valence-corrected chi connectivity index (χ1v) is 6.56. The fourth-order valence-electron chi connectivity index (χ4n) is 1.54. The number of aliphatic hydroxyl groups is 1. The molecule has 1 aromatic rings. The quantitative estimate of drug-likeness (QED) is 0.414. The van der Waals surface area contributed by atoms with Crippen LogP contribution in [0.5, 0.6) is 0 Å². The monoisotopic (exact) mass is 266 g/mol. The third kappa shape index (κ3) is 8.32. The van der Waals surface area contributed by atoms with E-state index >= 15 is 0 Å². The maximum absolute atomic E-state index is 9.34. The Labute approximate surface area is 113 Å². The lowest BCUT2D eigenvalue weighted by Gasteiger charge is -2.06. The fourth-order valence-corrected chi connectivity index (χ4v) is 1.54. The number of nitrogens with zero attached hydrogens (tertiary/aromatic N) is 2. The van der Waals surface area contributed by atoms with Crippen molar-refractivity contribution in [3.8, 4) is 11.8 Å². The van der Waals surface area contributed by atoms with E-state index in [-0.39, 0.29) is 0 Å². The Kier molecular flexibility index (Phi) is 8.64. The van der Waals surface area contributed by atoms with E-state index in [1.807, 2.05) is 0 Å². The zero-order valence-corrected chi connectivity index (χ0v) is 11.4. The summed E-state index contributed by atoms with van der Waals surface area (Å²) in [7, 11) is 0. The first-order chi connectivity index (χ1) is 9.33. The lowest BCUT2D eigenvalue weighted by atomic mass is 10.3. The van der Waals surface area contributed by atoms with Gasteiger partial charge in [0, 0.05) is 19.6 Å². The van der Waals surface area contributed by atoms with E-state index in [1.54, 1.807) is 13.1 Å². The van der Waals surface area contributed by atoms with Crippen LogP contribution in [0.3, 0.4) is 0 Å². The van der Waals surface area contributed by atoms with Gasteiger partial charge in [-0.3, -0.25) is 0 Å². The van der Waals surface area contributed by atoms with Gasteiger partial charge in [0.05, 0.1) is 18.5 Å². The number of ether oxygens (including phenoxy) is 1. The average molecular weight is 266 g/mol. The molecule has 0 radical (unpaired) electrons. The summed E-state index contributed by atoms with van der Waals surface area (Å²) in [6, 6.07) is 0. The number of hydrogen-bond acceptors (Lipinski definition) is 5. The number of H-pyrrole nitrogens is 1. The molecule has 6 nitrogen and oxygen atoms in total. The molecule has 19 heavy (non-hydrogen) atoms. The molecule has 0 fully saturated rings. The maximum Gasteiger partial charge on any atom is 0.127 e. The standard InChI is InChI=1S/C13H22N4O2/c1-2-5-13(18)11-14-7-3-4-8-19-9-6-12-10-15-17-16-12/h10,13-14,18H,3-4,6-9,11H2,1H3,(H,15,16,17).